The van der Waals surface area contributed by atoms with Crippen LogP contribution in [0.4, 0.5) is 20.3 Å². The van der Waals surface area contributed by atoms with E-state index in [9.17, 15) is 9.59 Å². The highest BCUT2D eigenvalue weighted by molar-refractivity contribution is 7.14. The average molecular weight is 888 g/mol. The number of thiazole rings is 2. The molecule has 2 aliphatic rings. The molecule has 1 atom stereocenters. The number of pyridine rings is 2. The molecule has 0 saturated carbocycles. The molecule has 8 heterocycles. The van der Waals surface area contributed by atoms with Crippen LogP contribution in [-0.4, -0.2) is 60.3 Å². The minimum absolute atomic E-state index is 0.0206. The minimum atomic E-state index is -0.668. The Balaban J connectivity index is 0.935. The van der Waals surface area contributed by atoms with Gasteiger partial charge >= 0.3 is 0 Å². The van der Waals surface area contributed by atoms with Crippen LogP contribution in [0.1, 0.15) is 95.6 Å². The molecule has 6 aromatic heterocycles. The Kier molecular flexibility index (Phi) is 11.6. The van der Waals surface area contributed by atoms with E-state index in [0.717, 1.165) is 47.8 Å². The second-order valence-corrected chi connectivity index (χ2v) is 18.0. The van der Waals surface area contributed by atoms with Crippen molar-refractivity contribution in [2.75, 3.05) is 28.9 Å². The van der Waals surface area contributed by atoms with E-state index in [4.69, 9.17) is 24.2 Å². The number of aryl methyl sites for hydroxylation is 1. The van der Waals surface area contributed by atoms with Gasteiger partial charge in [0.2, 0.25) is 6.79 Å². The Labute approximate surface area is 371 Å². The van der Waals surface area contributed by atoms with E-state index in [1.807, 2.05) is 85.6 Å². The molecule has 1 saturated heterocycles. The van der Waals surface area contributed by atoms with Gasteiger partial charge in [0, 0.05) is 71.5 Å². The number of rotatable bonds is 14. The van der Waals surface area contributed by atoms with Crippen LogP contribution in [0.3, 0.4) is 0 Å². The predicted octanol–water partition coefficient (Wildman–Crippen LogP) is 9.44. The molecule has 1 aromatic carbocycles. The van der Waals surface area contributed by atoms with Crippen molar-refractivity contribution in [2.24, 2.45) is 0 Å². The van der Waals surface area contributed by atoms with Gasteiger partial charge in [-0.25, -0.2) is 14.4 Å². The summed E-state index contributed by atoms with van der Waals surface area (Å²) in [5, 5.41) is 10.8. The number of hydrogen-bond acceptors (Lipinski definition) is 12. The van der Waals surface area contributed by atoms with Crippen molar-refractivity contribution >= 4 is 50.4 Å². The maximum atomic E-state index is 15.1. The molecule has 7 aromatic rings. The van der Waals surface area contributed by atoms with Crippen LogP contribution in [0.2, 0.25) is 0 Å². The van der Waals surface area contributed by atoms with Gasteiger partial charge in [-0.05, 0) is 101 Å². The minimum Gasteiger partial charge on any atom is -0.454 e. The van der Waals surface area contributed by atoms with E-state index in [2.05, 4.69) is 25.5 Å². The maximum absolute atomic E-state index is 15.1. The number of hydrogen-bond donors (Lipinski definition) is 2. The van der Waals surface area contributed by atoms with Gasteiger partial charge in [-0.1, -0.05) is 0 Å². The van der Waals surface area contributed by atoms with Gasteiger partial charge in [-0.15, -0.1) is 22.7 Å². The Hall–Kier alpha value is -6.43. The highest BCUT2D eigenvalue weighted by atomic mass is 32.1. The lowest BCUT2D eigenvalue weighted by molar-refractivity contribution is -0.0623. The van der Waals surface area contributed by atoms with E-state index in [1.165, 1.54) is 28.9 Å². The number of halogens is 1. The summed E-state index contributed by atoms with van der Waals surface area (Å²) in [5.74, 6) is 0.311. The number of carbonyl (C=O) groups is 2. The summed E-state index contributed by atoms with van der Waals surface area (Å²) in [7, 11) is 0. The summed E-state index contributed by atoms with van der Waals surface area (Å²) in [6, 6.07) is 15.2. The zero-order chi connectivity index (χ0) is 43.8. The maximum Gasteiger partial charge on any atom is 0.274 e. The first-order valence-corrected chi connectivity index (χ1v) is 22.4. The van der Waals surface area contributed by atoms with Crippen molar-refractivity contribution in [1.82, 2.24) is 29.1 Å². The molecule has 17 heteroatoms. The van der Waals surface area contributed by atoms with Gasteiger partial charge in [0.25, 0.3) is 11.8 Å². The lowest BCUT2D eigenvalue weighted by Crippen LogP contribution is -2.26. The molecule has 0 bridgehead atoms. The van der Waals surface area contributed by atoms with Gasteiger partial charge in [0.05, 0.1) is 42.0 Å². The Morgan fingerprint density at radius 3 is 2.60 bits per heavy atom. The van der Waals surface area contributed by atoms with Crippen molar-refractivity contribution in [2.45, 2.75) is 78.3 Å². The molecule has 14 nitrogen and oxygen atoms in total. The van der Waals surface area contributed by atoms with Crippen LogP contribution < -0.4 is 25.0 Å². The number of nitrogens with one attached hydrogen (secondary N) is 2. The average Bonchev–Trinajstić information content (AvgIpc) is 4.10. The van der Waals surface area contributed by atoms with Gasteiger partial charge in [-0.2, -0.15) is 0 Å². The molecular weight excluding hydrogens is 842 g/mol. The molecule has 63 heavy (non-hydrogen) atoms. The van der Waals surface area contributed by atoms with Crippen molar-refractivity contribution in [3.8, 4) is 22.8 Å². The van der Waals surface area contributed by atoms with E-state index in [-0.39, 0.29) is 37.1 Å². The molecule has 0 radical (unpaired) electrons. The Morgan fingerprint density at radius 2 is 1.76 bits per heavy atom. The van der Waals surface area contributed by atoms with E-state index >= 15 is 4.39 Å². The number of fused-ring (bicyclic) bond motifs is 1. The van der Waals surface area contributed by atoms with Crippen LogP contribution in [0.25, 0.3) is 11.3 Å². The smallest absolute Gasteiger partial charge is 0.274 e. The van der Waals surface area contributed by atoms with Crippen LogP contribution in [-0.2, 0) is 23.4 Å². The first kappa shape index (κ1) is 41.9. The third-order valence-electron chi connectivity index (χ3n) is 11.1. The fourth-order valence-corrected chi connectivity index (χ4v) is 9.80. The molecule has 0 unspecified atom stereocenters. The van der Waals surface area contributed by atoms with Crippen molar-refractivity contribution in [3.63, 3.8) is 0 Å². The molecule has 2 aliphatic heterocycles. The quantitative estimate of drug-likeness (QED) is 0.108. The molecule has 9 rings (SSSR count). The van der Waals surface area contributed by atoms with Crippen LogP contribution in [0, 0.1) is 12.7 Å². The third kappa shape index (κ3) is 8.81. The Bertz CT molecular complexity index is 2790. The van der Waals surface area contributed by atoms with Gasteiger partial charge in [-0.3, -0.25) is 30.2 Å². The summed E-state index contributed by atoms with van der Waals surface area (Å²) >= 11 is 2.70. The number of nitrogens with zero attached hydrogens (tertiary/aromatic N) is 7. The molecular formula is C46H46FN9O5S2. The first-order valence-electron chi connectivity index (χ1n) is 20.7. The number of amides is 2. The van der Waals surface area contributed by atoms with Crippen LogP contribution in [0.5, 0.6) is 11.5 Å². The number of ether oxygens (including phenoxy) is 3. The summed E-state index contributed by atoms with van der Waals surface area (Å²) in [5.41, 5.74) is 5.72. The second-order valence-electron chi connectivity index (χ2n) is 16.3. The third-order valence-corrected chi connectivity index (χ3v) is 12.7. The summed E-state index contributed by atoms with van der Waals surface area (Å²) in [6.07, 6.45) is 10.0. The number of benzene rings is 1. The highest BCUT2D eigenvalue weighted by Crippen LogP contribution is 2.42. The molecule has 0 spiro atoms. The summed E-state index contributed by atoms with van der Waals surface area (Å²) in [6.45, 7) is 11.1. The highest BCUT2D eigenvalue weighted by Gasteiger charge is 2.31. The lowest BCUT2D eigenvalue weighted by Gasteiger charge is -2.25. The van der Waals surface area contributed by atoms with Crippen LogP contribution >= 0.6 is 22.7 Å². The first-order chi connectivity index (χ1) is 30.4. The van der Waals surface area contributed by atoms with Gasteiger partial charge < -0.3 is 28.2 Å². The fourth-order valence-electron chi connectivity index (χ4n) is 8.19. The summed E-state index contributed by atoms with van der Waals surface area (Å²) < 4.78 is 35.9. The zero-order valence-electron chi connectivity index (χ0n) is 35.4. The van der Waals surface area contributed by atoms with Crippen LogP contribution in [0.15, 0.2) is 90.3 Å². The zero-order valence-corrected chi connectivity index (χ0v) is 37.1. The topological polar surface area (TPSA) is 151 Å². The van der Waals surface area contributed by atoms with Crippen molar-refractivity contribution in [1.29, 1.82) is 0 Å². The van der Waals surface area contributed by atoms with E-state index < -0.39 is 17.3 Å². The predicted molar refractivity (Wildman–Crippen MR) is 240 cm³/mol. The molecule has 2 amide bonds. The standard InChI is InChI=1S/C46H46FN9O5S2/c1-27(2)61-46(4,5)40-25-63-45(51-40)53-43(58)41-31(13-17-55(41)23-32-28(3)20-48-21-33(32)47)34-18-29(12-14-49-34)22-54-15-6-9-37(54)42(57)52-44-50-35(24-62-44)36-8-7-16-56(36)30-10-11-38-39(19-30)60-26-59-38/h6,9-15,17-21,24-25,27,36H,7-8,16,22-23,26H2,1-5H3,(H,50,52,57)(H,51,53,58)/t36-/m1/s1. The monoisotopic (exact) mass is 887 g/mol. The number of anilines is 3. The van der Waals surface area contributed by atoms with Crippen molar-refractivity contribution < 1.29 is 28.2 Å². The van der Waals surface area contributed by atoms with Gasteiger partial charge in [0.15, 0.2) is 21.8 Å². The normalized spacial score (nSPS) is 14.8. The number of aromatic nitrogens is 6. The SMILES string of the molecule is Cc1cncc(F)c1Cn1ccc(-c2cc(Cn3cccc3C(=O)Nc3nc([C@H]4CCCN4c4ccc5c(c4)OCO5)cs3)ccn2)c1C(=O)Nc1nc(C(C)(C)OC(C)C)cs1. The largest absolute Gasteiger partial charge is 0.454 e. The van der Waals surface area contributed by atoms with E-state index in [1.54, 1.807) is 42.2 Å². The van der Waals surface area contributed by atoms with E-state index in [0.29, 0.717) is 50.6 Å². The number of carbonyl (C=O) groups excluding carboxylic acids is 2. The van der Waals surface area contributed by atoms with Gasteiger partial charge in [0.1, 0.15) is 22.8 Å². The fraction of sp³-hybridized carbons (Fsp3) is 0.304. The lowest BCUT2D eigenvalue weighted by atomic mass is 10.1. The molecule has 2 N–H and O–H groups in total. The Morgan fingerprint density at radius 1 is 0.952 bits per heavy atom. The van der Waals surface area contributed by atoms with Crippen molar-refractivity contribution in [3.05, 3.63) is 136 Å². The second kappa shape index (κ2) is 17.4. The molecule has 324 valence electrons. The summed E-state index contributed by atoms with van der Waals surface area (Å²) in [4.78, 5) is 48.6. The molecule has 0 aliphatic carbocycles. The molecule has 1 fully saturated rings.